The van der Waals surface area contributed by atoms with Crippen LogP contribution in [-0.2, 0) is 16.9 Å². The Morgan fingerprint density at radius 3 is 2.62 bits per heavy atom. The molecule has 0 bridgehead atoms. The molecule has 3 aromatic heterocycles. The summed E-state index contributed by atoms with van der Waals surface area (Å²) in [5, 5.41) is 36.5. The van der Waals surface area contributed by atoms with E-state index in [1.54, 1.807) is 12.4 Å². The summed E-state index contributed by atoms with van der Waals surface area (Å²) in [5.41, 5.74) is 3.65. The number of pyridine rings is 1. The van der Waals surface area contributed by atoms with Crippen LogP contribution in [0.5, 0.6) is 0 Å². The minimum atomic E-state index is -1.53. The molecule has 1 aliphatic heterocycles. The Labute approximate surface area is 230 Å². The molecule has 0 spiro atoms. The van der Waals surface area contributed by atoms with Gasteiger partial charge in [-0.15, -0.1) is 0 Å². The summed E-state index contributed by atoms with van der Waals surface area (Å²) in [7, 11) is 0. The molecule has 1 aromatic carbocycles. The lowest BCUT2D eigenvalue weighted by molar-refractivity contribution is -0.00969. The van der Waals surface area contributed by atoms with Crippen molar-refractivity contribution in [2.45, 2.75) is 32.3 Å². The number of thiazole rings is 1. The highest BCUT2D eigenvalue weighted by Gasteiger charge is 2.25. The molecule has 206 valence electrons. The molecule has 0 radical (unpaired) electrons. The van der Waals surface area contributed by atoms with Crippen molar-refractivity contribution in [3.8, 4) is 22.4 Å². The zero-order valence-electron chi connectivity index (χ0n) is 22.0. The first-order chi connectivity index (χ1) is 18.9. The number of rotatable bonds is 10. The number of nitrogens with one attached hydrogen (secondary N) is 2. The van der Waals surface area contributed by atoms with E-state index < -0.39 is 18.6 Å². The van der Waals surface area contributed by atoms with Crippen molar-refractivity contribution in [3.05, 3.63) is 54.2 Å². The van der Waals surface area contributed by atoms with Gasteiger partial charge in [-0.25, -0.2) is 15.0 Å². The zero-order chi connectivity index (χ0) is 27.4. The van der Waals surface area contributed by atoms with Crippen LogP contribution in [0.25, 0.3) is 32.6 Å². The summed E-state index contributed by atoms with van der Waals surface area (Å²) >= 11 is 1.45. The van der Waals surface area contributed by atoms with Crippen LogP contribution >= 0.6 is 11.3 Å². The lowest BCUT2D eigenvalue weighted by atomic mass is 10.0. The van der Waals surface area contributed by atoms with Crippen molar-refractivity contribution in [1.29, 1.82) is 0 Å². The van der Waals surface area contributed by atoms with Crippen molar-refractivity contribution in [3.63, 3.8) is 0 Å². The Balaban J connectivity index is 1.55. The quantitative estimate of drug-likeness (QED) is 0.185. The van der Waals surface area contributed by atoms with E-state index in [2.05, 4.69) is 31.6 Å². The topological polar surface area (TPSA) is 149 Å². The molecule has 0 saturated carbocycles. The molecule has 2 atom stereocenters. The standard InChI is InChI=1S/C27H33N7O4S/c1-3-28-25(36)33-26-32-22-12-18(19-13-30-24(31-14-19)27(2,37)16-35)11-20(23(22)39-26)21-10-17(4-5-29-21)15-34-6-8-38-9-7-34/h4-5,10-14,25,28,35-37H,3,6-9,15-16H2,1-2H3,(H,32,33). The van der Waals surface area contributed by atoms with Crippen LogP contribution in [0, 0.1) is 0 Å². The second-order valence-corrected chi connectivity index (χ2v) is 10.7. The lowest BCUT2D eigenvalue weighted by Crippen LogP contribution is -2.35. The largest absolute Gasteiger partial charge is 0.393 e. The highest BCUT2D eigenvalue weighted by molar-refractivity contribution is 7.22. The first-order valence-corrected chi connectivity index (χ1v) is 13.7. The average molecular weight is 552 g/mol. The number of aliphatic hydroxyl groups excluding tert-OH is 2. The molecule has 2 unspecified atom stereocenters. The number of hydrogen-bond acceptors (Lipinski definition) is 12. The fourth-order valence-corrected chi connectivity index (χ4v) is 5.37. The Morgan fingerprint density at radius 2 is 1.90 bits per heavy atom. The van der Waals surface area contributed by atoms with E-state index in [9.17, 15) is 15.3 Å². The summed E-state index contributed by atoms with van der Waals surface area (Å²) in [6.45, 7) is 7.59. The molecule has 5 N–H and O–H groups in total. The number of fused-ring (bicyclic) bond motifs is 1. The predicted molar refractivity (Wildman–Crippen MR) is 150 cm³/mol. The molecule has 1 aliphatic rings. The smallest absolute Gasteiger partial charge is 0.186 e. The maximum atomic E-state index is 10.3. The van der Waals surface area contributed by atoms with Crippen LogP contribution in [0.15, 0.2) is 42.9 Å². The number of morpholine rings is 1. The van der Waals surface area contributed by atoms with Gasteiger partial charge in [0.25, 0.3) is 0 Å². The van der Waals surface area contributed by atoms with E-state index in [4.69, 9.17) is 14.7 Å². The summed E-state index contributed by atoms with van der Waals surface area (Å²) in [5.74, 6) is 0.144. The molecule has 4 heterocycles. The number of aromatic nitrogens is 4. The van der Waals surface area contributed by atoms with Crippen LogP contribution < -0.4 is 10.6 Å². The van der Waals surface area contributed by atoms with Gasteiger partial charge in [-0.3, -0.25) is 15.2 Å². The van der Waals surface area contributed by atoms with Gasteiger partial charge in [0.15, 0.2) is 17.3 Å². The van der Waals surface area contributed by atoms with Crippen molar-refractivity contribution in [2.75, 3.05) is 44.8 Å². The van der Waals surface area contributed by atoms with E-state index in [1.165, 1.54) is 18.3 Å². The highest BCUT2D eigenvalue weighted by atomic mass is 32.1. The molecule has 0 amide bonds. The van der Waals surface area contributed by atoms with Gasteiger partial charge < -0.3 is 25.4 Å². The second-order valence-electron chi connectivity index (χ2n) is 9.66. The number of nitrogens with zero attached hydrogens (tertiary/aromatic N) is 5. The number of hydrogen-bond donors (Lipinski definition) is 5. The van der Waals surface area contributed by atoms with Crippen molar-refractivity contribution in [2.24, 2.45) is 0 Å². The highest BCUT2D eigenvalue weighted by Crippen LogP contribution is 2.38. The number of aliphatic hydroxyl groups is 3. The Kier molecular flexibility index (Phi) is 8.43. The van der Waals surface area contributed by atoms with E-state index in [0.717, 1.165) is 71.0 Å². The molecular weight excluding hydrogens is 518 g/mol. The maximum absolute atomic E-state index is 10.3. The summed E-state index contributed by atoms with van der Waals surface area (Å²) < 4.78 is 6.42. The first kappa shape index (κ1) is 27.5. The molecule has 39 heavy (non-hydrogen) atoms. The van der Waals surface area contributed by atoms with E-state index >= 15 is 0 Å². The molecule has 1 saturated heterocycles. The number of ether oxygens (including phenoxy) is 1. The zero-order valence-corrected chi connectivity index (χ0v) is 22.8. The molecular formula is C27H33N7O4S. The van der Waals surface area contributed by atoms with Gasteiger partial charge in [0.1, 0.15) is 5.60 Å². The summed E-state index contributed by atoms with van der Waals surface area (Å²) in [4.78, 5) is 20.4. The average Bonchev–Trinajstić information content (AvgIpc) is 3.35. The van der Waals surface area contributed by atoms with Gasteiger partial charge in [0, 0.05) is 49.4 Å². The fraction of sp³-hybridized carbons (Fsp3) is 0.407. The monoisotopic (exact) mass is 551 g/mol. The van der Waals surface area contributed by atoms with E-state index in [1.807, 2.05) is 31.3 Å². The SMILES string of the molecule is CCNC(O)Nc1nc2cc(-c3cnc(C(C)(O)CO)nc3)cc(-c3cc(CN4CCOCC4)ccn3)c2s1. The minimum absolute atomic E-state index is 0.144. The van der Waals surface area contributed by atoms with Crippen LogP contribution in [0.3, 0.4) is 0 Å². The van der Waals surface area contributed by atoms with E-state index in [-0.39, 0.29) is 5.82 Å². The molecule has 5 rings (SSSR count). The van der Waals surface area contributed by atoms with Crippen LogP contribution in [0.2, 0.25) is 0 Å². The minimum Gasteiger partial charge on any atom is -0.393 e. The van der Waals surface area contributed by atoms with Crippen molar-refractivity contribution < 1.29 is 20.1 Å². The van der Waals surface area contributed by atoms with Gasteiger partial charge >= 0.3 is 0 Å². The van der Waals surface area contributed by atoms with Crippen molar-refractivity contribution >= 4 is 26.7 Å². The molecule has 11 nitrogen and oxygen atoms in total. The van der Waals surface area contributed by atoms with Crippen LogP contribution in [-0.4, -0.2) is 86.0 Å². The molecule has 1 fully saturated rings. The van der Waals surface area contributed by atoms with Crippen molar-refractivity contribution in [1.82, 2.24) is 30.2 Å². The Bertz CT molecular complexity index is 1410. The van der Waals surface area contributed by atoms with Gasteiger partial charge in [-0.05, 0) is 48.9 Å². The number of anilines is 1. The Hall–Kier alpha value is -3.10. The predicted octanol–water partition coefficient (Wildman–Crippen LogP) is 2.14. The first-order valence-electron chi connectivity index (χ1n) is 12.9. The summed E-state index contributed by atoms with van der Waals surface area (Å²) in [6.07, 6.45) is 4.15. The third kappa shape index (κ3) is 6.39. The lowest BCUT2D eigenvalue weighted by Gasteiger charge is -2.26. The third-order valence-corrected chi connectivity index (χ3v) is 7.57. The molecule has 0 aliphatic carbocycles. The van der Waals surface area contributed by atoms with Gasteiger partial charge in [-0.2, -0.15) is 0 Å². The fourth-order valence-electron chi connectivity index (χ4n) is 4.38. The second kappa shape index (κ2) is 12.0. The van der Waals surface area contributed by atoms with Gasteiger partial charge in [-0.1, -0.05) is 18.3 Å². The molecule has 4 aromatic rings. The van der Waals surface area contributed by atoms with Crippen LogP contribution in [0.1, 0.15) is 25.2 Å². The van der Waals surface area contributed by atoms with E-state index in [0.29, 0.717) is 11.7 Å². The Morgan fingerprint density at radius 1 is 1.13 bits per heavy atom. The normalized spacial score (nSPS) is 16.7. The van der Waals surface area contributed by atoms with Crippen LogP contribution in [0.4, 0.5) is 5.13 Å². The van der Waals surface area contributed by atoms with Gasteiger partial charge in [0.2, 0.25) is 0 Å². The third-order valence-electron chi connectivity index (χ3n) is 6.53. The van der Waals surface area contributed by atoms with Gasteiger partial charge in [0.05, 0.1) is 35.7 Å². The number of benzene rings is 1. The molecule has 12 heteroatoms. The summed E-state index contributed by atoms with van der Waals surface area (Å²) in [6, 6.07) is 8.12. The maximum Gasteiger partial charge on any atom is 0.186 e.